The van der Waals surface area contributed by atoms with Gasteiger partial charge >= 0.3 is 0 Å². The number of rotatable bonds is 4. The second-order valence-electron chi connectivity index (χ2n) is 3.54. The maximum absolute atomic E-state index is 5.96. The van der Waals surface area contributed by atoms with Gasteiger partial charge in [-0.25, -0.2) is 9.97 Å². The summed E-state index contributed by atoms with van der Waals surface area (Å²) >= 11 is 5.96. The van der Waals surface area contributed by atoms with E-state index in [9.17, 15) is 0 Å². The summed E-state index contributed by atoms with van der Waals surface area (Å²) in [6.45, 7) is 2.72. The Morgan fingerprint density at radius 3 is 3.00 bits per heavy atom. The van der Waals surface area contributed by atoms with Gasteiger partial charge in [-0.3, -0.25) is 4.98 Å². The van der Waals surface area contributed by atoms with Crippen molar-refractivity contribution in [2.45, 2.75) is 19.9 Å². The van der Waals surface area contributed by atoms with Crippen molar-refractivity contribution in [3.05, 3.63) is 47.1 Å². The monoisotopic (exact) mass is 248 g/mol. The Hall–Kier alpha value is -1.68. The zero-order chi connectivity index (χ0) is 12.1. The number of nitrogens with one attached hydrogen (secondary N) is 1. The molecule has 1 N–H and O–H groups in total. The van der Waals surface area contributed by atoms with Gasteiger partial charge in [-0.2, -0.15) is 0 Å². The van der Waals surface area contributed by atoms with Crippen LogP contribution in [0.25, 0.3) is 0 Å². The summed E-state index contributed by atoms with van der Waals surface area (Å²) in [4.78, 5) is 12.2. The molecule has 0 spiro atoms. The normalized spacial score (nSPS) is 10.2. The van der Waals surface area contributed by atoms with Crippen LogP contribution in [-0.2, 0) is 13.0 Å². The minimum absolute atomic E-state index is 0.515. The predicted octanol–water partition coefficient (Wildman–Crippen LogP) is 2.70. The van der Waals surface area contributed by atoms with Gasteiger partial charge in [0.05, 0.1) is 18.4 Å². The number of aryl methyl sites for hydroxylation is 1. The van der Waals surface area contributed by atoms with Crippen LogP contribution in [0.5, 0.6) is 0 Å². The van der Waals surface area contributed by atoms with Crippen molar-refractivity contribution >= 4 is 17.4 Å². The predicted molar refractivity (Wildman–Crippen MR) is 68.0 cm³/mol. The molecule has 0 aliphatic heterocycles. The average molecular weight is 249 g/mol. The smallest absolute Gasteiger partial charge is 0.148 e. The van der Waals surface area contributed by atoms with Crippen molar-refractivity contribution in [1.82, 2.24) is 15.0 Å². The SMILES string of the molecule is CCc1cccnc1CNc1ncncc1Cl. The summed E-state index contributed by atoms with van der Waals surface area (Å²) in [6.07, 6.45) is 5.78. The first-order chi connectivity index (χ1) is 8.31. The molecule has 2 aromatic rings. The minimum Gasteiger partial charge on any atom is -0.363 e. The number of hydrogen-bond donors (Lipinski definition) is 1. The highest BCUT2D eigenvalue weighted by molar-refractivity contribution is 6.32. The highest BCUT2D eigenvalue weighted by Gasteiger charge is 2.04. The molecular formula is C12H13ClN4. The zero-order valence-electron chi connectivity index (χ0n) is 9.52. The van der Waals surface area contributed by atoms with Crippen molar-refractivity contribution in [3.63, 3.8) is 0 Å². The first-order valence-corrected chi connectivity index (χ1v) is 5.81. The Balaban J connectivity index is 2.10. The van der Waals surface area contributed by atoms with E-state index >= 15 is 0 Å². The zero-order valence-corrected chi connectivity index (χ0v) is 10.3. The van der Waals surface area contributed by atoms with Crippen LogP contribution in [-0.4, -0.2) is 15.0 Å². The van der Waals surface area contributed by atoms with E-state index in [0.717, 1.165) is 12.1 Å². The molecular weight excluding hydrogens is 236 g/mol. The molecule has 2 rings (SSSR count). The fourth-order valence-electron chi connectivity index (χ4n) is 1.56. The Kier molecular flexibility index (Phi) is 3.88. The van der Waals surface area contributed by atoms with Gasteiger partial charge < -0.3 is 5.32 Å². The lowest BCUT2D eigenvalue weighted by Crippen LogP contribution is -2.06. The van der Waals surface area contributed by atoms with Crippen molar-refractivity contribution < 1.29 is 0 Å². The molecule has 17 heavy (non-hydrogen) atoms. The van der Waals surface area contributed by atoms with Gasteiger partial charge in [-0.05, 0) is 18.1 Å². The third-order valence-corrected chi connectivity index (χ3v) is 2.73. The second-order valence-corrected chi connectivity index (χ2v) is 3.94. The van der Waals surface area contributed by atoms with E-state index in [4.69, 9.17) is 11.6 Å². The molecule has 2 aromatic heterocycles. The van der Waals surface area contributed by atoms with Crippen LogP contribution in [0.1, 0.15) is 18.2 Å². The number of halogens is 1. The summed E-state index contributed by atoms with van der Waals surface area (Å²) in [6, 6.07) is 4.02. The number of nitrogens with zero attached hydrogens (tertiary/aromatic N) is 3. The van der Waals surface area contributed by atoms with Crippen molar-refractivity contribution in [3.8, 4) is 0 Å². The molecule has 0 unspecified atom stereocenters. The Labute approximate surface area is 105 Å². The molecule has 0 radical (unpaired) electrons. The highest BCUT2D eigenvalue weighted by atomic mass is 35.5. The first-order valence-electron chi connectivity index (χ1n) is 5.43. The topological polar surface area (TPSA) is 50.7 Å². The van der Waals surface area contributed by atoms with Crippen LogP contribution in [0.2, 0.25) is 5.02 Å². The molecule has 0 saturated carbocycles. The van der Waals surface area contributed by atoms with Crippen LogP contribution >= 0.6 is 11.6 Å². The van der Waals surface area contributed by atoms with Gasteiger partial charge in [0.1, 0.15) is 17.2 Å². The standard InChI is InChI=1S/C12H13ClN4/c1-2-9-4-3-5-15-11(9)7-16-12-10(13)6-14-8-17-12/h3-6,8H,2,7H2,1H3,(H,14,16,17). The molecule has 5 heteroatoms. The van der Waals surface area contributed by atoms with Crippen molar-refractivity contribution in [2.75, 3.05) is 5.32 Å². The molecule has 4 nitrogen and oxygen atoms in total. The Bertz CT molecular complexity index is 501. The van der Waals surface area contributed by atoms with Gasteiger partial charge in [0.25, 0.3) is 0 Å². The summed E-state index contributed by atoms with van der Waals surface area (Å²) in [7, 11) is 0. The summed E-state index contributed by atoms with van der Waals surface area (Å²) < 4.78 is 0. The highest BCUT2D eigenvalue weighted by Crippen LogP contribution is 2.17. The lowest BCUT2D eigenvalue weighted by Gasteiger charge is -2.09. The molecule has 88 valence electrons. The molecule has 0 fully saturated rings. The van der Waals surface area contributed by atoms with Gasteiger partial charge in [-0.15, -0.1) is 0 Å². The number of pyridine rings is 1. The van der Waals surface area contributed by atoms with E-state index in [2.05, 4.69) is 33.3 Å². The fraction of sp³-hybridized carbons (Fsp3) is 0.250. The van der Waals surface area contributed by atoms with E-state index < -0.39 is 0 Å². The van der Waals surface area contributed by atoms with E-state index in [1.165, 1.54) is 11.9 Å². The van der Waals surface area contributed by atoms with Crippen LogP contribution in [0.3, 0.4) is 0 Å². The van der Waals surface area contributed by atoms with E-state index in [1.807, 2.05) is 6.07 Å². The number of hydrogen-bond acceptors (Lipinski definition) is 4. The lowest BCUT2D eigenvalue weighted by molar-refractivity contribution is 0.961. The third kappa shape index (κ3) is 2.91. The van der Waals surface area contributed by atoms with Gasteiger partial charge in [0.2, 0.25) is 0 Å². The van der Waals surface area contributed by atoms with E-state index in [-0.39, 0.29) is 0 Å². The minimum atomic E-state index is 0.515. The van der Waals surface area contributed by atoms with Crippen LogP contribution in [0.4, 0.5) is 5.82 Å². The number of aromatic nitrogens is 3. The summed E-state index contributed by atoms with van der Waals surface area (Å²) in [5, 5.41) is 3.67. The van der Waals surface area contributed by atoms with Crippen LogP contribution in [0, 0.1) is 0 Å². The summed E-state index contributed by atoms with van der Waals surface area (Å²) in [5.41, 5.74) is 2.25. The summed E-state index contributed by atoms with van der Waals surface area (Å²) in [5.74, 6) is 0.634. The largest absolute Gasteiger partial charge is 0.363 e. The molecule has 0 atom stereocenters. The van der Waals surface area contributed by atoms with Crippen LogP contribution in [0.15, 0.2) is 30.9 Å². The van der Waals surface area contributed by atoms with Gasteiger partial charge in [-0.1, -0.05) is 24.6 Å². The lowest BCUT2D eigenvalue weighted by atomic mass is 10.1. The molecule has 0 aliphatic carbocycles. The molecule has 2 heterocycles. The molecule has 0 aliphatic rings. The van der Waals surface area contributed by atoms with Crippen molar-refractivity contribution in [2.24, 2.45) is 0 Å². The van der Waals surface area contributed by atoms with Crippen molar-refractivity contribution in [1.29, 1.82) is 0 Å². The quantitative estimate of drug-likeness (QED) is 0.904. The van der Waals surface area contributed by atoms with E-state index in [1.54, 1.807) is 12.4 Å². The average Bonchev–Trinajstić information content (AvgIpc) is 2.38. The maximum Gasteiger partial charge on any atom is 0.148 e. The molecule has 0 amide bonds. The third-order valence-electron chi connectivity index (χ3n) is 2.46. The second kappa shape index (κ2) is 5.59. The van der Waals surface area contributed by atoms with Gasteiger partial charge in [0.15, 0.2) is 0 Å². The van der Waals surface area contributed by atoms with E-state index in [0.29, 0.717) is 17.4 Å². The fourth-order valence-corrected chi connectivity index (χ4v) is 1.73. The Morgan fingerprint density at radius 1 is 1.35 bits per heavy atom. The first kappa shape index (κ1) is 11.8. The molecule has 0 aromatic carbocycles. The van der Waals surface area contributed by atoms with Gasteiger partial charge in [0, 0.05) is 6.20 Å². The Morgan fingerprint density at radius 2 is 2.24 bits per heavy atom. The maximum atomic E-state index is 5.96. The van der Waals surface area contributed by atoms with Crippen LogP contribution < -0.4 is 5.32 Å². The number of anilines is 1. The molecule has 0 saturated heterocycles. The molecule has 0 bridgehead atoms.